The lowest BCUT2D eigenvalue weighted by Crippen LogP contribution is -2.50. The van der Waals surface area contributed by atoms with E-state index in [9.17, 15) is 27.2 Å². The fraction of sp³-hybridized carbons (Fsp3) is 0.350. The Morgan fingerprint density at radius 3 is 2.55 bits per heavy atom. The molecule has 1 heterocycles. The quantitative estimate of drug-likeness (QED) is 0.621. The van der Waals surface area contributed by atoms with Gasteiger partial charge in [0, 0.05) is 24.2 Å². The monoisotopic (exact) mass is 459 g/mol. The summed E-state index contributed by atoms with van der Waals surface area (Å²) in [5.41, 5.74) is -0.549. The SMILES string of the molecule is O=C(COc1ccc(Cl)c(F)c1)NC1CC(C(=O)NCc2ccc(C(F)(F)F)cn2)C1. The second-order valence-electron chi connectivity index (χ2n) is 7.05. The minimum absolute atomic E-state index is 0.00991. The van der Waals surface area contributed by atoms with Crippen molar-refractivity contribution in [3.05, 3.63) is 58.6 Å². The van der Waals surface area contributed by atoms with E-state index in [2.05, 4.69) is 15.6 Å². The lowest BCUT2D eigenvalue weighted by atomic mass is 9.79. The average molecular weight is 460 g/mol. The molecule has 1 saturated carbocycles. The predicted octanol–water partition coefficient (Wildman–Crippen LogP) is 3.48. The molecule has 31 heavy (non-hydrogen) atoms. The van der Waals surface area contributed by atoms with Crippen LogP contribution in [0.25, 0.3) is 0 Å². The molecule has 11 heteroatoms. The molecule has 3 rings (SSSR count). The van der Waals surface area contributed by atoms with Gasteiger partial charge >= 0.3 is 6.18 Å². The van der Waals surface area contributed by atoms with Gasteiger partial charge in [-0.3, -0.25) is 14.6 Å². The fourth-order valence-electron chi connectivity index (χ4n) is 2.95. The summed E-state index contributed by atoms with van der Waals surface area (Å²) in [7, 11) is 0. The Hall–Kier alpha value is -2.88. The van der Waals surface area contributed by atoms with Crippen molar-refractivity contribution in [1.29, 1.82) is 0 Å². The van der Waals surface area contributed by atoms with Gasteiger partial charge in [-0.2, -0.15) is 13.2 Å². The number of halogens is 5. The molecule has 2 aromatic rings. The van der Waals surface area contributed by atoms with Crippen LogP contribution in [0.1, 0.15) is 24.1 Å². The van der Waals surface area contributed by atoms with Crippen LogP contribution < -0.4 is 15.4 Å². The largest absolute Gasteiger partial charge is 0.484 e. The van der Waals surface area contributed by atoms with Gasteiger partial charge in [-0.15, -0.1) is 0 Å². The van der Waals surface area contributed by atoms with Crippen molar-refractivity contribution in [3.8, 4) is 5.75 Å². The summed E-state index contributed by atoms with van der Waals surface area (Å²) >= 11 is 5.57. The number of pyridine rings is 1. The minimum atomic E-state index is -4.46. The minimum Gasteiger partial charge on any atom is -0.484 e. The number of benzene rings is 1. The number of hydrogen-bond acceptors (Lipinski definition) is 4. The maximum absolute atomic E-state index is 13.3. The Labute approximate surface area is 179 Å². The van der Waals surface area contributed by atoms with E-state index in [4.69, 9.17) is 16.3 Å². The van der Waals surface area contributed by atoms with E-state index in [0.717, 1.165) is 18.3 Å². The number of aromatic nitrogens is 1. The van der Waals surface area contributed by atoms with Gasteiger partial charge in [-0.1, -0.05) is 11.6 Å². The zero-order valence-electron chi connectivity index (χ0n) is 16.0. The second kappa shape index (κ2) is 9.51. The van der Waals surface area contributed by atoms with Crippen molar-refractivity contribution < 1.29 is 31.9 Å². The van der Waals surface area contributed by atoms with Crippen molar-refractivity contribution in [3.63, 3.8) is 0 Å². The summed E-state index contributed by atoms with van der Waals surface area (Å²) in [6.07, 6.45) is -2.89. The van der Waals surface area contributed by atoms with Gasteiger partial charge in [0.2, 0.25) is 5.91 Å². The second-order valence-corrected chi connectivity index (χ2v) is 7.46. The Morgan fingerprint density at radius 1 is 1.19 bits per heavy atom. The van der Waals surface area contributed by atoms with Gasteiger partial charge in [-0.05, 0) is 37.1 Å². The van der Waals surface area contributed by atoms with E-state index >= 15 is 0 Å². The molecule has 0 radical (unpaired) electrons. The first-order chi connectivity index (χ1) is 14.6. The highest BCUT2D eigenvalue weighted by Gasteiger charge is 2.35. The van der Waals surface area contributed by atoms with Crippen LogP contribution in [0.4, 0.5) is 17.6 Å². The summed E-state index contributed by atoms with van der Waals surface area (Å²) in [6.45, 7) is -0.302. The first-order valence-electron chi connectivity index (χ1n) is 9.29. The molecule has 1 fully saturated rings. The first kappa shape index (κ1) is 22.8. The highest BCUT2D eigenvalue weighted by Crippen LogP contribution is 2.29. The molecule has 2 N–H and O–H groups in total. The number of nitrogens with zero attached hydrogens (tertiary/aromatic N) is 1. The van der Waals surface area contributed by atoms with Crippen LogP contribution in [0, 0.1) is 11.7 Å². The van der Waals surface area contributed by atoms with Crippen LogP contribution >= 0.6 is 11.6 Å². The van der Waals surface area contributed by atoms with Crippen molar-refractivity contribution in [2.24, 2.45) is 5.92 Å². The third kappa shape index (κ3) is 6.30. The van der Waals surface area contributed by atoms with Crippen molar-refractivity contribution in [2.45, 2.75) is 31.6 Å². The van der Waals surface area contributed by atoms with Crippen LogP contribution in [0.3, 0.4) is 0 Å². The van der Waals surface area contributed by atoms with Gasteiger partial charge in [0.25, 0.3) is 5.91 Å². The number of ether oxygens (including phenoxy) is 1. The summed E-state index contributed by atoms with van der Waals surface area (Å²) in [6, 6.07) is 5.75. The molecule has 2 amide bonds. The van der Waals surface area contributed by atoms with E-state index < -0.39 is 23.5 Å². The van der Waals surface area contributed by atoms with Gasteiger partial charge in [0.15, 0.2) is 6.61 Å². The summed E-state index contributed by atoms with van der Waals surface area (Å²) in [5.74, 6) is -1.47. The molecule has 0 spiro atoms. The zero-order chi connectivity index (χ0) is 22.6. The molecular weight excluding hydrogens is 442 g/mol. The van der Waals surface area contributed by atoms with E-state index in [-0.39, 0.29) is 41.8 Å². The molecule has 1 aliphatic carbocycles. The van der Waals surface area contributed by atoms with E-state index in [0.29, 0.717) is 18.5 Å². The molecule has 0 unspecified atom stereocenters. The maximum atomic E-state index is 13.3. The summed E-state index contributed by atoms with van der Waals surface area (Å²) in [4.78, 5) is 27.7. The Kier molecular flexibility index (Phi) is 6.99. The van der Waals surface area contributed by atoms with Crippen LogP contribution in [-0.4, -0.2) is 29.4 Å². The fourth-order valence-corrected chi connectivity index (χ4v) is 3.07. The number of rotatable bonds is 7. The lowest BCUT2D eigenvalue weighted by Gasteiger charge is -2.34. The molecular formula is C20H18ClF4N3O3. The lowest BCUT2D eigenvalue weighted by molar-refractivity contribution is -0.138. The molecule has 6 nitrogen and oxygen atoms in total. The van der Waals surface area contributed by atoms with Gasteiger partial charge in [0.1, 0.15) is 11.6 Å². The zero-order valence-corrected chi connectivity index (χ0v) is 16.8. The standard InChI is InChI=1S/C20H18ClF4N3O3/c21-16-4-3-15(7-17(16)22)31-10-18(29)28-14-5-11(6-14)19(30)27-9-13-2-1-12(8-26-13)20(23,24)25/h1-4,7-8,11,14H,5-6,9-10H2,(H,27,30)(H,28,29). The van der Waals surface area contributed by atoms with E-state index in [1.54, 1.807) is 0 Å². The van der Waals surface area contributed by atoms with Crippen LogP contribution in [0.2, 0.25) is 5.02 Å². The van der Waals surface area contributed by atoms with Gasteiger partial charge < -0.3 is 15.4 Å². The van der Waals surface area contributed by atoms with E-state index in [1.807, 2.05) is 0 Å². The maximum Gasteiger partial charge on any atom is 0.417 e. The molecule has 1 aliphatic rings. The van der Waals surface area contributed by atoms with E-state index in [1.165, 1.54) is 18.2 Å². The first-order valence-corrected chi connectivity index (χ1v) is 9.66. The third-order valence-electron chi connectivity index (χ3n) is 4.73. The number of alkyl halides is 3. The number of amides is 2. The number of carbonyl (C=O) groups excluding carboxylic acids is 2. The summed E-state index contributed by atoms with van der Waals surface area (Å²) in [5, 5.41) is 5.28. The third-order valence-corrected chi connectivity index (χ3v) is 5.04. The molecule has 0 atom stereocenters. The Morgan fingerprint density at radius 2 is 1.94 bits per heavy atom. The molecule has 0 saturated heterocycles. The topological polar surface area (TPSA) is 80.3 Å². The normalized spacial score (nSPS) is 18.1. The number of hydrogen-bond donors (Lipinski definition) is 2. The highest BCUT2D eigenvalue weighted by atomic mass is 35.5. The van der Waals surface area contributed by atoms with Crippen LogP contribution in [0.5, 0.6) is 5.75 Å². The molecule has 1 aromatic carbocycles. The van der Waals surface area contributed by atoms with Crippen molar-refractivity contribution in [1.82, 2.24) is 15.6 Å². The number of carbonyl (C=O) groups is 2. The van der Waals surface area contributed by atoms with Crippen molar-refractivity contribution in [2.75, 3.05) is 6.61 Å². The van der Waals surface area contributed by atoms with Crippen LogP contribution in [0.15, 0.2) is 36.5 Å². The van der Waals surface area contributed by atoms with Crippen molar-refractivity contribution >= 4 is 23.4 Å². The predicted molar refractivity (Wildman–Crippen MR) is 103 cm³/mol. The average Bonchev–Trinajstić information content (AvgIpc) is 2.69. The molecule has 1 aromatic heterocycles. The smallest absolute Gasteiger partial charge is 0.417 e. The van der Waals surface area contributed by atoms with Crippen LogP contribution in [-0.2, 0) is 22.3 Å². The Bertz CT molecular complexity index is 948. The molecule has 0 bridgehead atoms. The molecule has 0 aliphatic heterocycles. The Balaban J connectivity index is 1.35. The summed E-state index contributed by atoms with van der Waals surface area (Å²) < 4.78 is 56.1. The highest BCUT2D eigenvalue weighted by molar-refractivity contribution is 6.30. The number of nitrogens with one attached hydrogen (secondary N) is 2. The van der Waals surface area contributed by atoms with Gasteiger partial charge in [0.05, 0.1) is 22.8 Å². The molecule has 166 valence electrons. The van der Waals surface area contributed by atoms with Gasteiger partial charge in [-0.25, -0.2) is 4.39 Å².